The SMILES string of the molecule is C[C@@H]1CN(c2c(F)c(=O)n(C)c3ccc(C#N)nc23)[C@@H](C)CN1. The topological polar surface area (TPSA) is 74.0 Å². The minimum atomic E-state index is -0.816. The van der Waals surface area contributed by atoms with Crippen LogP contribution in [0.15, 0.2) is 16.9 Å². The van der Waals surface area contributed by atoms with Gasteiger partial charge < -0.3 is 14.8 Å². The summed E-state index contributed by atoms with van der Waals surface area (Å²) < 4.78 is 16.0. The lowest BCUT2D eigenvalue weighted by Gasteiger charge is -2.39. The van der Waals surface area contributed by atoms with Crippen LogP contribution in [0, 0.1) is 17.1 Å². The Labute approximate surface area is 133 Å². The number of nitrogens with one attached hydrogen (secondary N) is 1. The van der Waals surface area contributed by atoms with Crippen LogP contribution in [0.25, 0.3) is 11.0 Å². The van der Waals surface area contributed by atoms with E-state index in [0.29, 0.717) is 24.1 Å². The first kappa shape index (κ1) is 15.4. The summed E-state index contributed by atoms with van der Waals surface area (Å²) in [6.45, 7) is 5.23. The number of piperazine rings is 1. The molecule has 6 nitrogen and oxygen atoms in total. The number of nitriles is 1. The first-order valence-electron chi connectivity index (χ1n) is 7.53. The number of halogens is 1. The number of nitrogens with zero attached hydrogens (tertiary/aromatic N) is 4. The van der Waals surface area contributed by atoms with E-state index in [4.69, 9.17) is 5.26 Å². The quantitative estimate of drug-likeness (QED) is 0.854. The number of hydrogen-bond acceptors (Lipinski definition) is 5. The van der Waals surface area contributed by atoms with Crippen molar-refractivity contribution in [1.82, 2.24) is 14.9 Å². The highest BCUT2D eigenvalue weighted by Gasteiger charge is 2.29. The van der Waals surface area contributed by atoms with Crippen molar-refractivity contribution in [2.24, 2.45) is 7.05 Å². The molecule has 1 aliphatic rings. The molecule has 0 bridgehead atoms. The Hall–Kier alpha value is -2.46. The Morgan fingerprint density at radius 2 is 2.17 bits per heavy atom. The van der Waals surface area contributed by atoms with Gasteiger partial charge in [-0.3, -0.25) is 4.79 Å². The third-order valence-corrected chi connectivity index (χ3v) is 4.33. The standard InChI is InChI=1S/C16H18FN5O/c1-9-8-22(10(2)7-19-9)15-13(17)16(23)21(3)12-5-4-11(6-18)20-14(12)15/h4-5,9-10,19H,7-8H2,1-3H3/t9-,10+/m1/s1. The van der Waals surface area contributed by atoms with Gasteiger partial charge in [0.25, 0.3) is 5.56 Å². The summed E-state index contributed by atoms with van der Waals surface area (Å²) in [5.41, 5.74) is 0.583. The molecule has 2 aromatic rings. The molecule has 0 radical (unpaired) electrons. The molecule has 0 aliphatic carbocycles. The molecule has 23 heavy (non-hydrogen) atoms. The Morgan fingerprint density at radius 1 is 1.43 bits per heavy atom. The molecule has 2 aromatic heterocycles. The van der Waals surface area contributed by atoms with E-state index in [1.54, 1.807) is 6.07 Å². The van der Waals surface area contributed by atoms with E-state index in [-0.39, 0.29) is 23.5 Å². The molecule has 120 valence electrons. The molecule has 1 fully saturated rings. The summed E-state index contributed by atoms with van der Waals surface area (Å²) in [5, 5.41) is 12.4. The summed E-state index contributed by atoms with van der Waals surface area (Å²) >= 11 is 0. The first-order chi connectivity index (χ1) is 10.9. The van der Waals surface area contributed by atoms with Crippen LogP contribution in [0.3, 0.4) is 0 Å². The molecule has 1 saturated heterocycles. The number of anilines is 1. The highest BCUT2D eigenvalue weighted by Crippen LogP contribution is 2.29. The van der Waals surface area contributed by atoms with Crippen LogP contribution in [-0.4, -0.2) is 34.7 Å². The average Bonchev–Trinajstić information content (AvgIpc) is 2.55. The van der Waals surface area contributed by atoms with Crippen LogP contribution in [0.2, 0.25) is 0 Å². The molecule has 3 rings (SSSR count). The van der Waals surface area contributed by atoms with Gasteiger partial charge in [0.2, 0.25) is 5.82 Å². The van der Waals surface area contributed by atoms with Crippen molar-refractivity contribution >= 4 is 16.7 Å². The van der Waals surface area contributed by atoms with Crippen molar-refractivity contribution in [2.45, 2.75) is 25.9 Å². The fraction of sp³-hybridized carbons (Fsp3) is 0.438. The van der Waals surface area contributed by atoms with Gasteiger partial charge >= 0.3 is 0 Å². The van der Waals surface area contributed by atoms with Crippen LogP contribution in [0.4, 0.5) is 10.1 Å². The van der Waals surface area contributed by atoms with Gasteiger partial charge in [0.15, 0.2) is 0 Å². The minimum Gasteiger partial charge on any atom is -0.362 e. The molecule has 1 aliphatic heterocycles. The number of fused-ring (bicyclic) bond motifs is 1. The van der Waals surface area contributed by atoms with Gasteiger partial charge in [-0.15, -0.1) is 0 Å². The zero-order chi connectivity index (χ0) is 16.7. The molecule has 0 saturated carbocycles. The van der Waals surface area contributed by atoms with Crippen LogP contribution in [0.1, 0.15) is 19.5 Å². The van der Waals surface area contributed by atoms with Gasteiger partial charge in [-0.25, -0.2) is 4.98 Å². The highest BCUT2D eigenvalue weighted by atomic mass is 19.1. The highest BCUT2D eigenvalue weighted by molar-refractivity contribution is 5.89. The lowest BCUT2D eigenvalue weighted by Crippen LogP contribution is -2.55. The van der Waals surface area contributed by atoms with E-state index >= 15 is 0 Å². The maximum atomic E-state index is 14.8. The lowest BCUT2D eigenvalue weighted by atomic mass is 10.1. The van der Waals surface area contributed by atoms with Gasteiger partial charge in [0, 0.05) is 32.2 Å². The van der Waals surface area contributed by atoms with Gasteiger partial charge in [-0.05, 0) is 26.0 Å². The first-order valence-corrected chi connectivity index (χ1v) is 7.53. The Bertz CT molecular complexity index is 869. The van der Waals surface area contributed by atoms with Crippen molar-refractivity contribution in [3.8, 4) is 6.07 Å². The van der Waals surface area contributed by atoms with Gasteiger partial charge in [0.05, 0.1) is 5.52 Å². The maximum Gasteiger partial charge on any atom is 0.289 e. The fourth-order valence-corrected chi connectivity index (χ4v) is 3.02. The number of aromatic nitrogens is 2. The second-order valence-electron chi connectivity index (χ2n) is 6.01. The number of aryl methyl sites for hydroxylation is 1. The fourth-order valence-electron chi connectivity index (χ4n) is 3.02. The van der Waals surface area contributed by atoms with Crippen LogP contribution in [-0.2, 0) is 7.05 Å². The molecule has 0 amide bonds. The van der Waals surface area contributed by atoms with Crippen molar-refractivity contribution < 1.29 is 4.39 Å². The Kier molecular flexibility index (Phi) is 3.78. The molecule has 3 heterocycles. The van der Waals surface area contributed by atoms with Gasteiger partial charge in [-0.1, -0.05) is 0 Å². The van der Waals surface area contributed by atoms with E-state index in [1.807, 2.05) is 24.8 Å². The van der Waals surface area contributed by atoms with Crippen molar-refractivity contribution in [1.29, 1.82) is 5.26 Å². The largest absolute Gasteiger partial charge is 0.362 e. The van der Waals surface area contributed by atoms with E-state index in [0.717, 1.165) is 0 Å². The van der Waals surface area contributed by atoms with E-state index < -0.39 is 11.4 Å². The predicted octanol–water partition coefficient (Wildman–Crippen LogP) is 1.13. The summed E-state index contributed by atoms with van der Waals surface area (Å²) in [6, 6.07) is 5.33. The number of pyridine rings is 2. The Morgan fingerprint density at radius 3 is 2.87 bits per heavy atom. The number of rotatable bonds is 1. The smallest absolute Gasteiger partial charge is 0.289 e. The van der Waals surface area contributed by atoms with E-state index in [2.05, 4.69) is 10.3 Å². The van der Waals surface area contributed by atoms with Gasteiger partial charge in [0.1, 0.15) is 23.0 Å². The zero-order valence-corrected chi connectivity index (χ0v) is 13.3. The summed E-state index contributed by atoms with van der Waals surface area (Å²) in [5.74, 6) is -0.816. The summed E-state index contributed by atoms with van der Waals surface area (Å²) in [4.78, 5) is 18.4. The zero-order valence-electron chi connectivity index (χ0n) is 13.3. The minimum absolute atomic E-state index is 0.0172. The normalized spacial score (nSPS) is 21.4. The summed E-state index contributed by atoms with van der Waals surface area (Å²) in [6.07, 6.45) is 0. The number of hydrogen-bond donors (Lipinski definition) is 1. The average molecular weight is 315 g/mol. The lowest BCUT2D eigenvalue weighted by molar-refractivity contribution is 0.420. The molecule has 7 heteroatoms. The monoisotopic (exact) mass is 315 g/mol. The third-order valence-electron chi connectivity index (χ3n) is 4.33. The third kappa shape index (κ3) is 2.45. The van der Waals surface area contributed by atoms with Crippen molar-refractivity contribution in [3.05, 3.63) is 34.0 Å². The van der Waals surface area contributed by atoms with Crippen LogP contribution >= 0.6 is 0 Å². The van der Waals surface area contributed by atoms with Crippen LogP contribution < -0.4 is 15.8 Å². The molecular weight excluding hydrogens is 297 g/mol. The molecule has 0 aromatic carbocycles. The second-order valence-corrected chi connectivity index (χ2v) is 6.01. The Balaban J connectivity index is 2.34. The molecule has 2 atom stereocenters. The van der Waals surface area contributed by atoms with E-state index in [9.17, 15) is 9.18 Å². The molecular formula is C16H18FN5O. The maximum absolute atomic E-state index is 14.8. The van der Waals surface area contributed by atoms with E-state index in [1.165, 1.54) is 17.7 Å². The van der Waals surface area contributed by atoms with Gasteiger partial charge in [-0.2, -0.15) is 9.65 Å². The predicted molar refractivity (Wildman–Crippen MR) is 85.9 cm³/mol. The van der Waals surface area contributed by atoms with Crippen molar-refractivity contribution in [3.63, 3.8) is 0 Å². The molecule has 0 spiro atoms. The summed E-state index contributed by atoms with van der Waals surface area (Å²) in [7, 11) is 1.51. The van der Waals surface area contributed by atoms with Crippen molar-refractivity contribution in [2.75, 3.05) is 18.0 Å². The molecule has 0 unspecified atom stereocenters. The molecule has 1 N–H and O–H groups in total. The second kappa shape index (κ2) is 5.63. The van der Waals surface area contributed by atoms with Crippen LogP contribution in [0.5, 0.6) is 0 Å².